The molecule has 7 heteroatoms. The lowest BCUT2D eigenvalue weighted by molar-refractivity contribution is 1.17. The van der Waals surface area contributed by atoms with Gasteiger partial charge < -0.3 is 9.47 Å². The average molecular weight is 792 g/mol. The van der Waals surface area contributed by atoms with Crippen molar-refractivity contribution in [3.63, 3.8) is 0 Å². The molecule has 2 aromatic heterocycles. The third-order valence-corrected chi connectivity index (χ3v) is 11.1. The fourth-order valence-electron chi connectivity index (χ4n) is 8.16. The van der Waals surface area contributed by atoms with Gasteiger partial charge in [-0.05, 0) is 102 Å². The molecule has 0 unspecified atom stereocenters. The summed E-state index contributed by atoms with van der Waals surface area (Å²) in [5.74, 6) is 0.467. The van der Waals surface area contributed by atoms with E-state index in [1.807, 2.05) is 78.9 Å². The van der Waals surface area contributed by atoms with Crippen LogP contribution < -0.4 is 4.90 Å². The fraction of sp³-hybridized carbons (Fsp3) is 0. The molecule has 0 saturated carbocycles. The minimum Gasteiger partial charge on any atom is -0.310 e. The summed E-state index contributed by atoms with van der Waals surface area (Å²) in [7, 11) is 0. The zero-order chi connectivity index (χ0) is 42.0. The van der Waals surface area contributed by atoms with Crippen molar-refractivity contribution in [3.05, 3.63) is 217 Å². The number of nitrogens with zero attached hydrogens (tertiary/aromatic N) is 7. The van der Waals surface area contributed by atoms with Crippen LogP contribution in [0.2, 0.25) is 0 Å². The van der Waals surface area contributed by atoms with Crippen LogP contribution in [0.3, 0.4) is 0 Å². The quantitative estimate of drug-likeness (QED) is 0.152. The third-order valence-electron chi connectivity index (χ3n) is 11.1. The predicted octanol–water partition coefficient (Wildman–Crippen LogP) is 13.3. The Morgan fingerprint density at radius 3 is 1.68 bits per heavy atom. The highest BCUT2D eigenvalue weighted by Crippen LogP contribution is 2.40. The second-order valence-electron chi connectivity index (χ2n) is 14.8. The van der Waals surface area contributed by atoms with E-state index in [2.05, 4.69) is 125 Å². The van der Waals surface area contributed by atoms with Gasteiger partial charge in [-0.2, -0.15) is 15.8 Å². The SMILES string of the molecule is N#Cc1cccc(-c2cc(-c3ccc(-c4ccc(-n5c6ccccc6c6cc(N(c7ccccc7)c7ccccc7)ccc65)cc4C#N)cc3)nc(-c3cccc(C#N)c3)n2)c1. The van der Waals surface area contributed by atoms with E-state index in [1.54, 1.807) is 24.3 Å². The van der Waals surface area contributed by atoms with Crippen molar-refractivity contribution in [2.24, 2.45) is 0 Å². The minimum absolute atomic E-state index is 0.467. The van der Waals surface area contributed by atoms with Gasteiger partial charge >= 0.3 is 0 Å². The number of aromatic nitrogens is 3. The third kappa shape index (κ3) is 6.87. The Kier molecular flexibility index (Phi) is 9.56. The molecule has 0 radical (unpaired) electrons. The van der Waals surface area contributed by atoms with Gasteiger partial charge in [-0.25, -0.2) is 9.97 Å². The van der Waals surface area contributed by atoms with Crippen molar-refractivity contribution in [3.8, 4) is 68.9 Å². The van der Waals surface area contributed by atoms with E-state index in [0.29, 0.717) is 39.5 Å². The van der Waals surface area contributed by atoms with Gasteiger partial charge in [0.2, 0.25) is 0 Å². The summed E-state index contributed by atoms with van der Waals surface area (Å²) in [6, 6.07) is 73.2. The smallest absolute Gasteiger partial charge is 0.160 e. The van der Waals surface area contributed by atoms with Crippen molar-refractivity contribution < 1.29 is 0 Å². The molecule has 0 spiro atoms. The van der Waals surface area contributed by atoms with E-state index in [0.717, 1.165) is 66.8 Å². The number of fused-ring (bicyclic) bond motifs is 3. The van der Waals surface area contributed by atoms with Gasteiger partial charge in [0.05, 0.1) is 57.3 Å². The van der Waals surface area contributed by atoms with E-state index < -0.39 is 0 Å². The number of para-hydroxylation sites is 3. The molecule has 288 valence electrons. The van der Waals surface area contributed by atoms with Crippen LogP contribution in [0.4, 0.5) is 17.1 Å². The Balaban J connectivity index is 1.03. The van der Waals surface area contributed by atoms with Crippen LogP contribution in [0.1, 0.15) is 16.7 Å². The first kappa shape index (κ1) is 37.2. The molecule has 0 atom stereocenters. The van der Waals surface area contributed by atoms with Gasteiger partial charge in [0, 0.05) is 50.2 Å². The molecule has 0 saturated heterocycles. The summed E-state index contributed by atoms with van der Waals surface area (Å²) in [4.78, 5) is 12.1. The molecular formula is C55H33N7. The van der Waals surface area contributed by atoms with E-state index in [-0.39, 0.29) is 0 Å². The molecule has 8 aromatic carbocycles. The minimum atomic E-state index is 0.467. The number of benzene rings is 8. The Hall–Kier alpha value is -9.09. The molecule has 10 aromatic rings. The number of anilines is 3. The van der Waals surface area contributed by atoms with Crippen LogP contribution in [0.5, 0.6) is 0 Å². The van der Waals surface area contributed by atoms with E-state index in [1.165, 1.54) is 0 Å². The second kappa shape index (κ2) is 15.9. The topological polar surface area (TPSA) is 105 Å². The summed E-state index contributed by atoms with van der Waals surface area (Å²) < 4.78 is 2.24. The molecule has 0 amide bonds. The lowest BCUT2D eigenvalue weighted by Crippen LogP contribution is -2.09. The highest BCUT2D eigenvalue weighted by molar-refractivity contribution is 6.10. The maximum absolute atomic E-state index is 10.6. The molecule has 62 heavy (non-hydrogen) atoms. The van der Waals surface area contributed by atoms with Crippen LogP contribution >= 0.6 is 0 Å². The predicted molar refractivity (Wildman–Crippen MR) is 247 cm³/mol. The molecule has 2 heterocycles. The summed E-state index contributed by atoms with van der Waals surface area (Å²) >= 11 is 0. The lowest BCUT2D eigenvalue weighted by atomic mass is 9.97. The molecule has 0 bridgehead atoms. The molecule has 0 aliphatic heterocycles. The summed E-state index contributed by atoms with van der Waals surface area (Å²) in [6.45, 7) is 0. The van der Waals surface area contributed by atoms with E-state index >= 15 is 0 Å². The molecule has 0 aliphatic rings. The first-order valence-corrected chi connectivity index (χ1v) is 20.1. The molecular weight excluding hydrogens is 759 g/mol. The Morgan fingerprint density at radius 2 is 1.00 bits per heavy atom. The largest absolute Gasteiger partial charge is 0.310 e. The molecule has 10 rings (SSSR count). The van der Waals surface area contributed by atoms with E-state index in [4.69, 9.17) is 9.97 Å². The van der Waals surface area contributed by atoms with Crippen molar-refractivity contribution >= 4 is 38.9 Å². The molecule has 0 aliphatic carbocycles. The number of hydrogen-bond acceptors (Lipinski definition) is 6. The Morgan fingerprint density at radius 1 is 0.403 bits per heavy atom. The number of hydrogen-bond donors (Lipinski definition) is 0. The van der Waals surface area contributed by atoms with Gasteiger partial charge in [-0.3, -0.25) is 0 Å². The Bertz CT molecular complexity index is 3330. The van der Waals surface area contributed by atoms with Crippen LogP contribution in [0, 0.1) is 34.0 Å². The summed E-state index contributed by atoms with van der Waals surface area (Å²) in [6.07, 6.45) is 0. The van der Waals surface area contributed by atoms with Gasteiger partial charge in [0.1, 0.15) is 0 Å². The fourth-order valence-corrected chi connectivity index (χ4v) is 8.16. The lowest BCUT2D eigenvalue weighted by Gasteiger charge is -2.25. The molecule has 7 nitrogen and oxygen atoms in total. The highest BCUT2D eigenvalue weighted by atomic mass is 15.1. The normalized spacial score (nSPS) is 10.9. The van der Waals surface area contributed by atoms with Gasteiger partial charge in [0.25, 0.3) is 0 Å². The summed E-state index contributed by atoms with van der Waals surface area (Å²) in [5.41, 5.74) is 13.2. The first-order chi connectivity index (χ1) is 30.6. The summed E-state index contributed by atoms with van der Waals surface area (Å²) in [5, 5.41) is 32.0. The van der Waals surface area contributed by atoms with Crippen LogP contribution in [0.15, 0.2) is 200 Å². The zero-order valence-electron chi connectivity index (χ0n) is 33.2. The Labute approximate surface area is 358 Å². The van der Waals surface area contributed by atoms with E-state index in [9.17, 15) is 15.8 Å². The highest BCUT2D eigenvalue weighted by Gasteiger charge is 2.19. The molecule has 0 N–H and O–H groups in total. The monoisotopic (exact) mass is 791 g/mol. The second-order valence-corrected chi connectivity index (χ2v) is 14.8. The first-order valence-electron chi connectivity index (χ1n) is 20.1. The van der Waals surface area contributed by atoms with Gasteiger partial charge in [-0.1, -0.05) is 109 Å². The number of nitriles is 3. The van der Waals surface area contributed by atoms with Crippen LogP contribution in [-0.4, -0.2) is 14.5 Å². The van der Waals surface area contributed by atoms with Crippen molar-refractivity contribution in [2.45, 2.75) is 0 Å². The van der Waals surface area contributed by atoms with Gasteiger partial charge in [0.15, 0.2) is 5.82 Å². The maximum atomic E-state index is 10.6. The standard InChI is InChI=1S/C55H33N7/c56-34-37-11-9-13-41(29-37)52-33-51(59-55(60-52)42-14-10-12-38(30-42)35-57)40-23-21-39(22-24-40)48-27-25-46(31-43(48)36-58)62-53-20-8-7-19-49(53)50-32-47(26-28-54(50)62)61(44-15-3-1-4-16-44)45-17-5-2-6-18-45/h1-33H. The van der Waals surface area contributed by atoms with Crippen LogP contribution in [0.25, 0.3) is 72.5 Å². The van der Waals surface area contributed by atoms with Crippen molar-refractivity contribution in [1.82, 2.24) is 14.5 Å². The van der Waals surface area contributed by atoms with Crippen LogP contribution in [-0.2, 0) is 0 Å². The van der Waals surface area contributed by atoms with Crippen molar-refractivity contribution in [2.75, 3.05) is 4.90 Å². The van der Waals surface area contributed by atoms with Gasteiger partial charge in [-0.15, -0.1) is 0 Å². The number of rotatable bonds is 8. The van der Waals surface area contributed by atoms with Crippen molar-refractivity contribution in [1.29, 1.82) is 15.8 Å². The maximum Gasteiger partial charge on any atom is 0.160 e. The molecule has 0 fully saturated rings. The zero-order valence-corrected chi connectivity index (χ0v) is 33.2. The average Bonchev–Trinajstić information content (AvgIpc) is 3.68.